The Morgan fingerprint density at radius 1 is 1.05 bits per heavy atom. The minimum Gasteiger partial charge on any atom is -0.465 e. The zero-order valence-electron chi connectivity index (χ0n) is 13.6. The molecular formula is C18H30O3. The molecule has 0 radical (unpaired) electrons. The zero-order chi connectivity index (χ0) is 15.2. The minimum atomic E-state index is -0.474. The molecule has 0 aliphatic heterocycles. The molecule has 0 aromatic heterocycles. The first-order chi connectivity index (χ1) is 10.2. The number of rotatable bonds is 5. The Bertz CT molecular complexity index is 355. The molecule has 2 atom stereocenters. The lowest BCUT2D eigenvalue weighted by atomic mass is 9.68. The van der Waals surface area contributed by atoms with Gasteiger partial charge in [0.15, 0.2) is 0 Å². The Kier molecular flexibility index (Phi) is 6.25. The summed E-state index contributed by atoms with van der Waals surface area (Å²) in [4.78, 5) is 24.0. The Hall–Kier alpha value is -0.860. The molecular weight excluding hydrogens is 264 g/mol. The highest BCUT2D eigenvalue weighted by molar-refractivity contribution is 5.99. The first kappa shape index (κ1) is 16.5. The summed E-state index contributed by atoms with van der Waals surface area (Å²) in [6, 6.07) is 0. The van der Waals surface area contributed by atoms with Gasteiger partial charge < -0.3 is 4.74 Å². The topological polar surface area (TPSA) is 43.4 Å². The van der Waals surface area contributed by atoms with E-state index in [2.05, 4.69) is 6.92 Å². The van der Waals surface area contributed by atoms with Crippen LogP contribution in [0.1, 0.15) is 71.6 Å². The SMILES string of the molecule is CCCC1CCC(C2CCC(C(=O)OCC)C(=O)C2)CC1. The first-order valence-corrected chi connectivity index (χ1v) is 8.85. The van der Waals surface area contributed by atoms with Crippen molar-refractivity contribution in [1.82, 2.24) is 0 Å². The largest absolute Gasteiger partial charge is 0.465 e. The van der Waals surface area contributed by atoms with Crippen molar-refractivity contribution in [3.05, 3.63) is 0 Å². The quantitative estimate of drug-likeness (QED) is 0.565. The van der Waals surface area contributed by atoms with Crippen molar-refractivity contribution in [3.8, 4) is 0 Å². The number of Topliss-reactive ketones (excluding diaryl/α,β-unsaturated/α-hetero) is 1. The van der Waals surface area contributed by atoms with E-state index >= 15 is 0 Å². The fourth-order valence-electron chi connectivity index (χ4n) is 4.30. The van der Waals surface area contributed by atoms with Crippen LogP contribution in [-0.4, -0.2) is 18.4 Å². The Labute approximate surface area is 128 Å². The van der Waals surface area contributed by atoms with Crippen molar-refractivity contribution in [2.75, 3.05) is 6.61 Å². The number of ketones is 1. The predicted molar refractivity (Wildman–Crippen MR) is 82.8 cm³/mol. The maximum atomic E-state index is 12.2. The second-order valence-electron chi connectivity index (χ2n) is 6.88. The van der Waals surface area contributed by atoms with Gasteiger partial charge in [-0.25, -0.2) is 0 Å². The molecule has 120 valence electrons. The van der Waals surface area contributed by atoms with E-state index in [9.17, 15) is 9.59 Å². The van der Waals surface area contributed by atoms with E-state index in [0.29, 0.717) is 31.3 Å². The summed E-state index contributed by atoms with van der Waals surface area (Å²) in [6.07, 6.45) is 10.2. The number of hydrogen-bond acceptors (Lipinski definition) is 3. The van der Waals surface area contributed by atoms with Gasteiger partial charge in [0, 0.05) is 6.42 Å². The van der Waals surface area contributed by atoms with Crippen LogP contribution in [0.3, 0.4) is 0 Å². The molecule has 0 N–H and O–H groups in total. The van der Waals surface area contributed by atoms with Crippen molar-refractivity contribution in [3.63, 3.8) is 0 Å². The number of carbonyl (C=O) groups is 2. The van der Waals surface area contributed by atoms with Crippen LogP contribution in [-0.2, 0) is 14.3 Å². The maximum Gasteiger partial charge on any atom is 0.316 e. The van der Waals surface area contributed by atoms with Crippen molar-refractivity contribution in [1.29, 1.82) is 0 Å². The molecule has 0 aromatic rings. The van der Waals surface area contributed by atoms with E-state index < -0.39 is 5.92 Å². The Morgan fingerprint density at radius 3 is 2.29 bits per heavy atom. The standard InChI is InChI=1S/C18H30O3/c1-3-5-13-6-8-14(9-7-13)15-10-11-16(17(19)12-15)18(20)21-4-2/h13-16H,3-12H2,1-2H3. The lowest BCUT2D eigenvalue weighted by Crippen LogP contribution is -2.35. The predicted octanol–water partition coefficient (Wildman–Crippen LogP) is 4.14. The van der Waals surface area contributed by atoms with E-state index in [-0.39, 0.29) is 11.8 Å². The van der Waals surface area contributed by atoms with Gasteiger partial charge in [-0.1, -0.05) is 32.6 Å². The van der Waals surface area contributed by atoms with Crippen molar-refractivity contribution in [2.24, 2.45) is 23.7 Å². The van der Waals surface area contributed by atoms with Crippen LogP contribution in [0.5, 0.6) is 0 Å². The number of carbonyl (C=O) groups excluding carboxylic acids is 2. The second kappa shape index (κ2) is 7.95. The minimum absolute atomic E-state index is 0.125. The van der Waals surface area contributed by atoms with Gasteiger partial charge >= 0.3 is 5.97 Å². The molecule has 0 aromatic carbocycles. The lowest BCUT2D eigenvalue weighted by Gasteiger charge is -2.36. The number of hydrogen-bond donors (Lipinski definition) is 0. The third-order valence-electron chi connectivity index (χ3n) is 5.50. The van der Waals surface area contributed by atoms with E-state index in [1.165, 1.54) is 38.5 Å². The van der Waals surface area contributed by atoms with Gasteiger partial charge in [-0.2, -0.15) is 0 Å². The van der Waals surface area contributed by atoms with Crippen LogP contribution >= 0.6 is 0 Å². The van der Waals surface area contributed by atoms with Crippen molar-refractivity contribution < 1.29 is 14.3 Å². The van der Waals surface area contributed by atoms with Gasteiger partial charge in [0.1, 0.15) is 11.7 Å². The molecule has 2 aliphatic rings. The highest BCUT2D eigenvalue weighted by Crippen LogP contribution is 2.41. The maximum absolute atomic E-state index is 12.2. The molecule has 2 rings (SSSR count). The molecule has 2 saturated carbocycles. The average Bonchev–Trinajstić information content (AvgIpc) is 2.48. The molecule has 0 spiro atoms. The van der Waals surface area contributed by atoms with Crippen molar-refractivity contribution in [2.45, 2.75) is 71.6 Å². The lowest BCUT2D eigenvalue weighted by molar-refractivity contribution is -0.153. The van der Waals surface area contributed by atoms with Gasteiger partial charge in [-0.05, 0) is 50.4 Å². The fraction of sp³-hybridized carbons (Fsp3) is 0.889. The molecule has 21 heavy (non-hydrogen) atoms. The molecule has 3 heteroatoms. The first-order valence-electron chi connectivity index (χ1n) is 8.85. The summed E-state index contributed by atoms with van der Waals surface area (Å²) in [7, 11) is 0. The van der Waals surface area contributed by atoms with Crippen molar-refractivity contribution >= 4 is 11.8 Å². The van der Waals surface area contributed by atoms with Gasteiger partial charge in [0.2, 0.25) is 0 Å². The van der Waals surface area contributed by atoms with Crippen LogP contribution in [0.25, 0.3) is 0 Å². The normalized spacial score (nSPS) is 33.7. The molecule has 0 bridgehead atoms. The average molecular weight is 294 g/mol. The summed E-state index contributed by atoms with van der Waals surface area (Å²) in [5.41, 5.74) is 0. The molecule has 2 aliphatic carbocycles. The molecule has 3 nitrogen and oxygen atoms in total. The summed E-state index contributed by atoms with van der Waals surface area (Å²) >= 11 is 0. The Balaban J connectivity index is 1.80. The van der Waals surface area contributed by atoms with E-state index in [4.69, 9.17) is 4.74 Å². The summed E-state index contributed by atoms with van der Waals surface area (Å²) in [6.45, 7) is 4.43. The third kappa shape index (κ3) is 4.31. The molecule has 2 fully saturated rings. The van der Waals surface area contributed by atoms with Crippen LogP contribution in [0.4, 0.5) is 0 Å². The summed E-state index contributed by atoms with van der Waals surface area (Å²) in [5, 5.41) is 0. The molecule has 0 heterocycles. The third-order valence-corrected chi connectivity index (χ3v) is 5.50. The van der Waals surface area contributed by atoms with Crippen LogP contribution < -0.4 is 0 Å². The second-order valence-corrected chi connectivity index (χ2v) is 6.88. The van der Waals surface area contributed by atoms with Gasteiger partial charge in [0.05, 0.1) is 6.61 Å². The Morgan fingerprint density at radius 2 is 1.71 bits per heavy atom. The summed E-state index contributed by atoms with van der Waals surface area (Å²) < 4.78 is 5.01. The van der Waals surface area contributed by atoms with E-state index in [0.717, 1.165) is 12.3 Å². The fourth-order valence-corrected chi connectivity index (χ4v) is 4.30. The van der Waals surface area contributed by atoms with Gasteiger partial charge in [0.25, 0.3) is 0 Å². The van der Waals surface area contributed by atoms with Crippen LogP contribution in [0.15, 0.2) is 0 Å². The zero-order valence-corrected chi connectivity index (χ0v) is 13.6. The van der Waals surface area contributed by atoms with Crippen LogP contribution in [0, 0.1) is 23.7 Å². The molecule has 0 saturated heterocycles. The monoisotopic (exact) mass is 294 g/mol. The van der Waals surface area contributed by atoms with Gasteiger partial charge in [-0.3, -0.25) is 9.59 Å². The molecule has 0 amide bonds. The molecule has 2 unspecified atom stereocenters. The highest BCUT2D eigenvalue weighted by atomic mass is 16.5. The number of esters is 1. The summed E-state index contributed by atoms with van der Waals surface area (Å²) in [5.74, 6) is 1.50. The van der Waals surface area contributed by atoms with E-state index in [1.54, 1.807) is 6.92 Å². The smallest absolute Gasteiger partial charge is 0.316 e. The van der Waals surface area contributed by atoms with Crippen LogP contribution in [0.2, 0.25) is 0 Å². The van der Waals surface area contributed by atoms with Gasteiger partial charge in [-0.15, -0.1) is 0 Å². The highest BCUT2D eigenvalue weighted by Gasteiger charge is 2.38. The van der Waals surface area contributed by atoms with E-state index in [1.807, 2.05) is 0 Å². The number of ether oxygens (including phenoxy) is 1.